The second-order valence-corrected chi connectivity index (χ2v) is 9.13. The first-order chi connectivity index (χ1) is 14.6. The number of rotatable bonds is 8. The van der Waals surface area contributed by atoms with Crippen molar-refractivity contribution in [1.82, 2.24) is 24.9 Å². The molecule has 1 aromatic carbocycles. The van der Waals surface area contributed by atoms with Gasteiger partial charge in [0, 0.05) is 18.0 Å². The Morgan fingerprint density at radius 2 is 1.90 bits per heavy atom. The van der Waals surface area contributed by atoms with Crippen molar-refractivity contribution < 1.29 is 9.26 Å². The summed E-state index contributed by atoms with van der Waals surface area (Å²) in [4.78, 5) is 4.52. The lowest BCUT2D eigenvalue weighted by Gasteiger charge is -2.25. The minimum absolute atomic E-state index is 0.424. The Hall–Kier alpha value is -2.35. The van der Waals surface area contributed by atoms with Crippen LogP contribution in [0.25, 0.3) is 11.4 Å². The van der Waals surface area contributed by atoms with Gasteiger partial charge in [-0.1, -0.05) is 50.0 Å². The molecule has 0 N–H and O–H groups in total. The van der Waals surface area contributed by atoms with E-state index in [9.17, 15) is 0 Å². The van der Waals surface area contributed by atoms with Crippen molar-refractivity contribution in [3.63, 3.8) is 0 Å². The molecule has 8 heteroatoms. The second kappa shape index (κ2) is 9.64. The van der Waals surface area contributed by atoms with Gasteiger partial charge in [-0.3, -0.25) is 4.57 Å². The molecule has 30 heavy (non-hydrogen) atoms. The summed E-state index contributed by atoms with van der Waals surface area (Å²) in [6.45, 7) is 4.30. The number of thioether (sulfide) groups is 1. The summed E-state index contributed by atoms with van der Waals surface area (Å²) >= 11 is 1.62. The van der Waals surface area contributed by atoms with Gasteiger partial charge in [0.15, 0.2) is 16.8 Å². The first kappa shape index (κ1) is 20.9. The number of aromatic nitrogens is 5. The lowest BCUT2D eigenvalue weighted by molar-refractivity contribution is 0.339. The Bertz CT molecular complexity index is 945. The third-order valence-electron chi connectivity index (χ3n) is 5.38. The molecular weight excluding hydrogens is 398 g/mol. The predicted octanol–water partition coefficient (Wildman–Crippen LogP) is 5.33. The highest BCUT2D eigenvalue weighted by Crippen LogP contribution is 2.36. The van der Waals surface area contributed by atoms with Gasteiger partial charge < -0.3 is 9.26 Å². The van der Waals surface area contributed by atoms with Crippen LogP contribution in [-0.4, -0.2) is 32.0 Å². The topological polar surface area (TPSA) is 78.9 Å². The minimum atomic E-state index is 0.424. The van der Waals surface area contributed by atoms with Crippen LogP contribution in [0.1, 0.15) is 63.7 Å². The van der Waals surface area contributed by atoms with E-state index < -0.39 is 0 Å². The summed E-state index contributed by atoms with van der Waals surface area (Å²) in [6, 6.07) is 8.46. The lowest BCUT2D eigenvalue weighted by Crippen LogP contribution is -2.15. The first-order valence-corrected chi connectivity index (χ1v) is 11.7. The van der Waals surface area contributed by atoms with Crippen LogP contribution in [0.2, 0.25) is 0 Å². The molecule has 2 heterocycles. The molecule has 0 bridgehead atoms. The highest BCUT2D eigenvalue weighted by Gasteiger charge is 2.24. The van der Waals surface area contributed by atoms with E-state index in [2.05, 4.69) is 38.8 Å². The van der Waals surface area contributed by atoms with Gasteiger partial charge in [0.25, 0.3) is 0 Å². The fourth-order valence-electron chi connectivity index (χ4n) is 3.90. The zero-order valence-electron chi connectivity index (χ0n) is 17.9. The van der Waals surface area contributed by atoms with Gasteiger partial charge in [0.05, 0.1) is 12.9 Å². The van der Waals surface area contributed by atoms with Crippen molar-refractivity contribution >= 4 is 11.8 Å². The third-order valence-corrected chi connectivity index (χ3v) is 6.31. The van der Waals surface area contributed by atoms with E-state index in [0.717, 1.165) is 47.4 Å². The Balaban J connectivity index is 1.57. The van der Waals surface area contributed by atoms with Crippen molar-refractivity contribution in [3.05, 3.63) is 36.0 Å². The van der Waals surface area contributed by atoms with Gasteiger partial charge >= 0.3 is 0 Å². The molecule has 0 saturated heterocycles. The number of hydrogen-bond acceptors (Lipinski definition) is 7. The van der Waals surface area contributed by atoms with Gasteiger partial charge in [0.2, 0.25) is 5.89 Å². The summed E-state index contributed by atoms with van der Waals surface area (Å²) in [5, 5.41) is 14.1. The van der Waals surface area contributed by atoms with Crippen molar-refractivity contribution in [2.75, 3.05) is 7.11 Å². The van der Waals surface area contributed by atoms with E-state index in [1.165, 1.54) is 19.3 Å². The molecule has 1 fully saturated rings. The van der Waals surface area contributed by atoms with Crippen molar-refractivity contribution in [3.8, 4) is 17.1 Å². The van der Waals surface area contributed by atoms with E-state index in [1.807, 2.05) is 24.3 Å². The molecule has 0 atom stereocenters. The highest BCUT2D eigenvalue weighted by atomic mass is 32.2. The van der Waals surface area contributed by atoms with Crippen LogP contribution in [0.15, 0.2) is 33.9 Å². The fourth-order valence-corrected chi connectivity index (χ4v) is 4.75. The van der Waals surface area contributed by atoms with Gasteiger partial charge in [0.1, 0.15) is 5.75 Å². The smallest absolute Gasteiger partial charge is 0.237 e. The molecule has 0 radical (unpaired) electrons. The molecule has 160 valence electrons. The molecule has 3 aromatic rings. The molecule has 1 aliphatic rings. The normalized spacial score (nSPS) is 15.1. The summed E-state index contributed by atoms with van der Waals surface area (Å²) < 4.78 is 13.1. The van der Waals surface area contributed by atoms with Crippen LogP contribution in [-0.2, 0) is 12.2 Å². The molecular formula is C22H29N5O2S. The van der Waals surface area contributed by atoms with Crippen LogP contribution in [0.3, 0.4) is 0 Å². The standard InChI is InChI=1S/C22H29N5O2S/c1-15(2)13-19-23-20(29-26-19)14-30-22-25-24-21(16-9-11-18(28-3)12-10-16)27(22)17-7-5-4-6-8-17/h9-12,15,17H,4-8,13-14H2,1-3H3. The maximum Gasteiger partial charge on any atom is 0.237 e. The van der Waals surface area contributed by atoms with Gasteiger partial charge in [-0.15, -0.1) is 10.2 Å². The maximum atomic E-state index is 5.44. The summed E-state index contributed by atoms with van der Waals surface area (Å²) in [5.74, 6) is 4.26. The zero-order chi connectivity index (χ0) is 20.9. The number of hydrogen-bond donors (Lipinski definition) is 0. The van der Waals surface area contributed by atoms with Crippen molar-refractivity contribution in [2.24, 2.45) is 5.92 Å². The number of ether oxygens (including phenoxy) is 1. The van der Waals surface area contributed by atoms with E-state index in [1.54, 1.807) is 18.9 Å². The minimum Gasteiger partial charge on any atom is -0.497 e. The third kappa shape index (κ3) is 4.86. The lowest BCUT2D eigenvalue weighted by atomic mass is 9.95. The summed E-state index contributed by atoms with van der Waals surface area (Å²) in [7, 11) is 1.68. The molecule has 0 amide bonds. The fraction of sp³-hybridized carbons (Fsp3) is 0.545. The zero-order valence-corrected chi connectivity index (χ0v) is 18.7. The molecule has 0 aliphatic heterocycles. The number of benzene rings is 1. The molecule has 2 aromatic heterocycles. The van der Waals surface area contributed by atoms with Crippen LogP contribution in [0.5, 0.6) is 5.75 Å². The molecule has 4 rings (SSSR count). The van der Waals surface area contributed by atoms with Gasteiger partial charge in [-0.05, 0) is 43.0 Å². The Morgan fingerprint density at radius 1 is 1.13 bits per heavy atom. The monoisotopic (exact) mass is 427 g/mol. The van der Waals surface area contributed by atoms with E-state index in [4.69, 9.17) is 9.26 Å². The Labute approximate surface area is 181 Å². The summed E-state index contributed by atoms with van der Waals surface area (Å²) in [6.07, 6.45) is 6.95. The Morgan fingerprint density at radius 3 is 2.60 bits per heavy atom. The van der Waals surface area contributed by atoms with Crippen molar-refractivity contribution in [2.45, 2.75) is 69.3 Å². The van der Waals surface area contributed by atoms with E-state index >= 15 is 0 Å². The van der Waals surface area contributed by atoms with Crippen LogP contribution in [0.4, 0.5) is 0 Å². The molecule has 0 unspecified atom stereocenters. The number of methoxy groups -OCH3 is 1. The predicted molar refractivity (Wildman–Crippen MR) is 117 cm³/mol. The highest BCUT2D eigenvalue weighted by molar-refractivity contribution is 7.98. The first-order valence-electron chi connectivity index (χ1n) is 10.7. The van der Waals surface area contributed by atoms with Crippen LogP contribution in [0, 0.1) is 5.92 Å². The average molecular weight is 428 g/mol. The van der Waals surface area contributed by atoms with Gasteiger partial charge in [-0.2, -0.15) is 4.98 Å². The van der Waals surface area contributed by atoms with Crippen LogP contribution >= 0.6 is 11.8 Å². The average Bonchev–Trinajstić information content (AvgIpc) is 3.39. The molecule has 0 spiro atoms. The van der Waals surface area contributed by atoms with E-state index in [-0.39, 0.29) is 0 Å². The molecule has 1 saturated carbocycles. The van der Waals surface area contributed by atoms with Crippen molar-refractivity contribution in [1.29, 1.82) is 0 Å². The largest absolute Gasteiger partial charge is 0.497 e. The van der Waals surface area contributed by atoms with Crippen LogP contribution < -0.4 is 4.74 Å². The SMILES string of the molecule is COc1ccc(-c2nnc(SCc3nc(CC(C)C)no3)n2C2CCCCC2)cc1. The van der Waals surface area contributed by atoms with E-state index in [0.29, 0.717) is 23.6 Å². The number of nitrogens with zero attached hydrogens (tertiary/aromatic N) is 5. The quantitative estimate of drug-likeness (QED) is 0.449. The molecule has 7 nitrogen and oxygen atoms in total. The van der Waals surface area contributed by atoms with Gasteiger partial charge in [-0.25, -0.2) is 0 Å². The Kier molecular flexibility index (Phi) is 6.72. The summed E-state index contributed by atoms with van der Waals surface area (Å²) in [5.41, 5.74) is 1.05. The molecule has 1 aliphatic carbocycles. The maximum absolute atomic E-state index is 5.44. The second-order valence-electron chi connectivity index (χ2n) is 8.19.